The highest BCUT2D eigenvalue weighted by Crippen LogP contribution is 2.13. The molecule has 0 aromatic heterocycles. The second-order valence-corrected chi connectivity index (χ2v) is 8.51. The quantitative estimate of drug-likeness (QED) is 0.132. The molecule has 194 valence electrons. The molecule has 0 bridgehead atoms. The van der Waals surface area contributed by atoms with Crippen LogP contribution in [-0.4, -0.2) is 57.4 Å². The highest BCUT2D eigenvalue weighted by atomic mass is 32.1. The topological polar surface area (TPSA) is 146 Å². The number of hydrogen-bond donors (Lipinski definition) is 8. The Morgan fingerprint density at radius 1 is 0.500 bits per heavy atom. The van der Waals surface area contributed by atoms with Gasteiger partial charge in [0.15, 0.2) is 20.4 Å². The summed E-state index contributed by atoms with van der Waals surface area (Å²) in [5.74, 6) is 0. The van der Waals surface area contributed by atoms with Crippen LogP contribution in [0.15, 0.2) is 44.7 Å². The van der Waals surface area contributed by atoms with Crippen LogP contribution < -0.4 is 43.0 Å². The molecule has 0 spiro atoms. The molecule has 0 fully saturated rings. The van der Waals surface area contributed by atoms with Gasteiger partial charge in [-0.2, -0.15) is 20.4 Å². The molecule has 16 heteroatoms. The maximum absolute atomic E-state index is 5.29. The van der Waals surface area contributed by atoms with Crippen LogP contribution in [0, 0.1) is 0 Å². The third kappa shape index (κ3) is 12.4. The van der Waals surface area contributed by atoms with Gasteiger partial charge in [-0.3, -0.25) is 21.7 Å². The first-order valence-corrected chi connectivity index (χ1v) is 12.1. The Morgan fingerprint density at radius 2 is 0.750 bits per heavy atom. The SMILES string of the molecule is CNC(=S)N/N=C(C)/C(C)=N/NC(=S)Nc1ccc(NC(=S)N/N=C(C)/C(C)=N/NC(=S)NC)cc1. The Labute approximate surface area is 232 Å². The van der Waals surface area contributed by atoms with Crippen molar-refractivity contribution in [1.82, 2.24) is 32.3 Å². The van der Waals surface area contributed by atoms with Gasteiger partial charge in [0.25, 0.3) is 0 Å². The Morgan fingerprint density at radius 3 is 1.00 bits per heavy atom. The number of nitrogens with zero attached hydrogens (tertiary/aromatic N) is 4. The van der Waals surface area contributed by atoms with Gasteiger partial charge >= 0.3 is 0 Å². The molecule has 1 aromatic rings. The first-order chi connectivity index (χ1) is 17.0. The smallest absolute Gasteiger partial charge is 0.191 e. The zero-order chi connectivity index (χ0) is 27.1. The second kappa shape index (κ2) is 16.4. The molecule has 0 atom stereocenters. The molecule has 1 aromatic carbocycles. The lowest BCUT2D eigenvalue weighted by Gasteiger charge is -2.11. The number of anilines is 2. The van der Waals surface area contributed by atoms with Crippen LogP contribution in [0.3, 0.4) is 0 Å². The summed E-state index contributed by atoms with van der Waals surface area (Å²) in [6, 6.07) is 7.36. The van der Waals surface area contributed by atoms with E-state index in [9.17, 15) is 0 Å². The molecule has 8 N–H and O–H groups in total. The fourth-order valence-electron chi connectivity index (χ4n) is 1.93. The van der Waals surface area contributed by atoms with Gasteiger partial charge in [-0.15, -0.1) is 0 Å². The van der Waals surface area contributed by atoms with E-state index in [4.69, 9.17) is 48.9 Å². The zero-order valence-corrected chi connectivity index (χ0v) is 24.0. The third-order valence-electron chi connectivity index (χ3n) is 4.20. The Kier molecular flexibility index (Phi) is 13.9. The minimum atomic E-state index is 0.325. The van der Waals surface area contributed by atoms with E-state index in [1.165, 1.54) is 0 Å². The van der Waals surface area contributed by atoms with E-state index in [0.717, 1.165) is 11.4 Å². The maximum atomic E-state index is 5.29. The number of rotatable bonds is 8. The van der Waals surface area contributed by atoms with E-state index in [-0.39, 0.29) is 0 Å². The van der Waals surface area contributed by atoms with Crippen LogP contribution in [0.5, 0.6) is 0 Å². The van der Waals surface area contributed by atoms with Gasteiger partial charge in [0, 0.05) is 25.5 Å². The van der Waals surface area contributed by atoms with Crippen molar-refractivity contribution in [2.45, 2.75) is 27.7 Å². The molecule has 0 aliphatic rings. The number of benzene rings is 1. The predicted octanol–water partition coefficient (Wildman–Crippen LogP) is 1.95. The van der Waals surface area contributed by atoms with Crippen molar-refractivity contribution in [3.05, 3.63) is 24.3 Å². The fourth-order valence-corrected chi connectivity index (χ4v) is 2.35. The number of thiocarbonyl (C=S) groups is 4. The summed E-state index contributed by atoms with van der Waals surface area (Å²) in [6.07, 6.45) is 0. The molecule has 0 aliphatic heterocycles. The summed E-state index contributed by atoms with van der Waals surface area (Å²) >= 11 is 20.5. The molecular formula is C20H30N12S4. The molecular weight excluding hydrogens is 537 g/mol. The number of hydrogen-bond acceptors (Lipinski definition) is 8. The summed E-state index contributed by atoms with van der Waals surface area (Å²) in [5, 5.41) is 29.8. The first-order valence-electron chi connectivity index (χ1n) is 10.4. The van der Waals surface area contributed by atoms with E-state index in [1.807, 2.05) is 24.3 Å². The molecule has 0 saturated heterocycles. The van der Waals surface area contributed by atoms with Crippen molar-refractivity contribution in [1.29, 1.82) is 0 Å². The lowest BCUT2D eigenvalue weighted by atomic mass is 10.3. The fraction of sp³-hybridized carbons (Fsp3) is 0.300. The second-order valence-electron chi connectivity index (χ2n) is 6.88. The minimum absolute atomic E-state index is 0.325. The van der Waals surface area contributed by atoms with Crippen molar-refractivity contribution in [3.63, 3.8) is 0 Å². The molecule has 0 heterocycles. The van der Waals surface area contributed by atoms with Crippen LogP contribution in [0.4, 0.5) is 11.4 Å². The zero-order valence-electron chi connectivity index (χ0n) is 20.7. The van der Waals surface area contributed by atoms with E-state index in [2.05, 4.69) is 63.4 Å². The van der Waals surface area contributed by atoms with E-state index in [1.54, 1.807) is 41.8 Å². The van der Waals surface area contributed by atoms with Crippen LogP contribution >= 0.6 is 48.9 Å². The summed E-state index contributed by atoms with van der Waals surface area (Å²) in [6.45, 7) is 7.19. The van der Waals surface area contributed by atoms with E-state index >= 15 is 0 Å². The van der Waals surface area contributed by atoms with Crippen molar-refractivity contribution in [2.75, 3.05) is 24.7 Å². The van der Waals surface area contributed by atoms with Crippen LogP contribution in [-0.2, 0) is 0 Å². The van der Waals surface area contributed by atoms with Crippen molar-refractivity contribution in [2.24, 2.45) is 20.4 Å². The van der Waals surface area contributed by atoms with Crippen molar-refractivity contribution in [3.8, 4) is 0 Å². The van der Waals surface area contributed by atoms with E-state index in [0.29, 0.717) is 43.3 Å². The van der Waals surface area contributed by atoms with Gasteiger partial charge in [0.05, 0.1) is 22.8 Å². The summed E-state index contributed by atoms with van der Waals surface area (Å²) in [7, 11) is 3.41. The summed E-state index contributed by atoms with van der Waals surface area (Å²) in [4.78, 5) is 0. The molecule has 12 nitrogen and oxygen atoms in total. The normalized spacial score (nSPS) is 12.2. The van der Waals surface area contributed by atoms with Gasteiger partial charge in [-0.1, -0.05) is 0 Å². The van der Waals surface area contributed by atoms with Crippen LogP contribution in [0.1, 0.15) is 27.7 Å². The van der Waals surface area contributed by atoms with Gasteiger partial charge in [0.1, 0.15) is 0 Å². The summed E-state index contributed by atoms with van der Waals surface area (Å²) < 4.78 is 0. The van der Waals surface area contributed by atoms with Gasteiger partial charge in [-0.05, 0) is 101 Å². The highest BCUT2D eigenvalue weighted by molar-refractivity contribution is 7.81. The average molecular weight is 567 g/mol. The molecule has 0 unspecified atom stereocenters. The molecule has 0 saturated carbocycles. The average Bonchev–Trinajstić information content (AvgIpc) is 2.87. The number of hydrazone groups is 4. The molecule has 0 radical (unpaired) electrons. The standard InChI is InChI=1S/C20H30N12S4/c1-11(25-29-17(33)21-5)13(3)27-31-19(35)23-15-7-9-16(10-8-15)24-20(36)32-28-14(4)12(2)26-30-18(34)22-6/h7-10H,1-6H3,(H2,21,29,33)(H2,22,30,34)(H2,23,31,35)(H2,24,32,36)/b25-11+,26-12+,27-13+,28-14+. The number of nitrogens with one attached hydrogen (secondary N) is 8. The summed E-state index contributed by atoms with van der Waals surface area (Å²) in [5.41, 5.74) is 15.1. The Bertz CT molecular complexity index is 992. The van der Waals surface area contributed by atoms with Gasteiger partial charge in [-0.25, -0.2) is 0 Å². The van der Waals surface area contributed by atoms with E-state index < -0.39 is 0 Å². The third-order valence-corrected chi connectivity index (χ3v) is 5.18. The Hall–Kier alpha value is -3.34. The minimum Gasteiger partial charge on any atom is -0.364 e. The maximum Gasteiger partial charge on any atom is 0.191 e. The molecule has 1 rings (SSSR count). The predicted molar refractivity (Wildman–Crippen MR) is 167 cm³/mol. The first kappa shape index (κ1) is 30.7. The Balaban J connectivity index is 2.57. The van der Waals surface area contributed by atoms with Crippen molar-refractivity contribution >= 4 is 104 Å². The van der Waals surface area contributed by atoms with Gasteiger partial charge < -0.3 is 21.3 Å². The highest BCUT2D eigenvalue weighted by Gasteiger charge is 2.03. The van der Waals surface area contributed by atoms with Gasteiger partial charge in [0.2, 0.25) is 0 Å². The van der Waals surface area contributed by atoms with Crippen LogP contribution in [0.2, 0.25) is 0 Å². The van der Waals surface area contributed by atoms with Crippen LogP contribution in [0.25, 0.3) is 0 Å². The molecule has 0 aliphatic carbocycles. The largest absolute Gasteiger partial charge is 0.364 e. The lowest BCUT2D eigenvalue weighted by molar-refractivity contribution is 0.974. The molecule has 36 heavy (non-hydrogen) atoms. The lowest BCUT2D eigenvalue weighted by Crippen LogP contribution is -2.30. The van der Waals surface area contributed by atoms with Crippen molar-refractivity contribution < 1.29 is 0 Å². The monoisotopic (exact) mass is 566 g/mol. The molecule has 0 amide bonds.